The molecule has 0 spiro atoms. The van der Waals surface area contributed by atoms with Crippen LogP contribution in [0.25, 0.3) is 17.2 Å². The SMILES string of the molecule is COc1ccccc1-c1ccc(Cl)c(Cl)c1C=CC(=O)N1CCNCC1. The van der Waals surface area contributed by atoms with Crippen molar-refractivity contribution in [2.24, 2.45) is 0 Å². The molecule has 1 amide bonds. The summed E-state index contributed by atoms with van der Waals surface area (Å²) in [5.41, 5.74) is 2.45. The highest BCUT2D eigenvalue weighted by Crippen LogP contribution is 2.38. The molecule has 136 valence electrons. The summed E-state index contributed by atoms with van der Waals surface area (Å²) in [6, 6.07) is 11.3. The van der Waals surface area contributed by atoms with Crippen LogP contribution in [0, 0.1) is 0 Å². The van der Waals surface area contributed by atoms with Crippen LogP contribution < -0.4 is 10.1 Å². The number of nitrogens with zero attached hydrogens (tertiary/aromatic N) is 1. The summed E-state index contributed by atoms with van der Waals surface area (Å²) in [6.45, 7) is 3.02. The highest BCUT2D eigenvalue weighted by Gasteiger charge is 2.16. The molecule has 3 rings (SSSR count). The standard InChI is InChI=1S/C20H20Cl2N2O2/c1-26-18-5-3-2-4-15(18)14-6-8-17(21)20(22)16(14)7-9-19(25)24-12-10-23-11-13-24/h2-9,23H,10-13H2,1H3. The first-order valence-electron chi connectivity index (χ1n) is 8.41. The lowest BCUT2D eigenvalue weighted by molar-refractivity contribution is -0.126. The van der Waals surface area contributed by atoms with Gasteiger partial charge >= 0.3 is 0 Å². The molecular formula is C20H20Cl2N2O2. The second-order valence-electron chi connectivity index (χ2n) is 5.93. The number of rotatable bonds is 4. The first kappa shape index (κ1) is 18.8. The number of piperazine rings is 1. The first-order valence-corrected chi connectivity index (χ1v) is 9.16. The van der Waals surface area contributed by atoms with Crippen LogP contribution in [0.4, 0.5) is 0 Å². The summed E-state index contributed by atoms with van der Waals surface area (Å²) in [5.74, 6) is 0.697. The van der Waals surface area contributed by atoms with Crippen LogP contribution in [0.3, 0.4) is 0 Å². The van der Waals surface area contributed by atoms with Crippen molar-refractivity contribution in [3.8, 4) is 16.9 Å². The number of hydrogen-bond donors (Lipinski definition) is 1. The van der Waals surface area contributed by atoms with Crippen LogP contribution in [0.2, 0.25) is 10.0 Å². The molecule has 2 aromatic carbocycles. The average Bonchev–Trinajstić information content (AvgIpc) is 2.69. The normalized spacial score (nSPS) is 14.7. The molecule has 0 aliphatic carbocycles. The van der Waals surface area contributed by atoms with Crippen molar-refractivity contribution in [2.45, 2.75) is 0 Å². The first-order chi connectivity index (χ1) is 12.6. The van der Waals surface area contributed by atoms with Gasteiger partial charge in [0.1, 0.15) is 5.75 Å². The van der Waals surface area contributed by atoms with Crippen molar-refractivity contribution >= 4 is 35.2 Å². The number of carbonyl (C=O) groups excluding carboxylic acids is 1. The summed E-state index contributed by atoms with van der Waals surface area (Å²) in [6.07, 6.45) is 3.29. The van der Waals surface area contributed by atoms with Gasteiger partial charge in [-0.25, -0.2) is 0 Å². The Morgan fingerprint density at radius 3 is 2.58 bits per heavy atom. The van der Waals surface area contributed by atoms with Gasteiger partial charge < -0.3 is 15.0 Å². The maximum absolute atomic E-state index is 12.4. The molecule has 0 radical (unpaired) electrons. The zero-order chi connectivity index (χ0) is 18.5. The number of nitrogens with one attached hydrogen (secondary N) is 1. The van der Waals surface area contributed by atoms with Gasteiger partial charge in [-0.1, -0.05) is 47.5 Å². The Bertz CT molecular complexity index is 831. The number of methoxy groups -OCH3 is 1. The largest absolute Gasteiger partial charge is 0.496 e. The fraction of sp³-hybridized carbons (Fsp3) is 0.250. The molecule has 0 atom stereocenters. The zero-order valence-electron chi connectivity index (χ0n) is 14.5. The number of benzene rings is 2. The molecule has 0 saturated carbocycles. The van der Waals surface area contributed by atoms with Gasteiger partial charge in [0.25, 0.3) is 0 Å². The Morgan fingerprint density at radius 1 is 1.12 bits per heavy atom. The van der Waals surface area contributed by atoms with Crippen LogP contribution in [-0.4, -0.2) is 44.1 Å². The van der Waals surface area contributed by atoms with Gasteiger partial charge in [-0.15, -0.1) is 0 Å². The second kappa shape index (κ2) is 8.58. The van der Waals surface area contributed by atoms with E-state index in [2.05, 4.69) is 5.32 Å². The van der Waals surface area contributed by atoms with E-state index < -0.39 is 0 Å². The van der Waals surface area contributed by atoms with Crippen LogP contribution in [0.1, 0.15) is 5.56 Å². The lowest BCUT2D eigenvalue weighted by Crippen LogP contribution is -2.45. The Morgan fingerprint density at radius 2 is 1.85 bits per heavy atom. The molecule has 4 nitrogen and oxygen atoms in total. The molecular weight excluding hydrogens is 371 g/mol. The predicted molar refractivity (Wildman–Crippen MR) is 107 cm³/mol. The Kier molecular flexibility index (Phi) is 6.20. The van der Waals surface area contributed by atoms with E-state index in [1.54, 1.807) is 25.3 Å². The lowest BCUT2D eigenvalue weighted by atomic mass is 9.98. The third-order valence-corrected chi connectivity index (χ3v) is 5.17. The van der Waals surface area contributed by atoms with Crippen molar-refractivity contribution < 1.29 is 9.53 Å². The molecule has 0 bridgehead atoms. The lowest BCUT2D eigenvalue weighted by Gasteiger charge is -2.26. The molecule has 6 heteroatoms. The number of para-hydroxylation sites is 1. The van der Waals surface area contributed by atoms with Crippen LogP contribution in [-0.2, 0) is 4.79 Å². The molecule has 1 aliphatic heterocycles. The topological polar surface area (TPSA) is 41.6 Å². The molecule has 1 saturated heterocycles. The molecule has 1 aliphatic rings. The molecule has 0 aromatic heterocycles. The second-order valence-corrected chi connectivity index (χ2v) is 6.72. The maximum atomic E-state index is 12.4. The summed E-state index contributed by atoms with van der Waals surface area (Å²) in [4.78, 5) is 14.3. The molecule has 2 aromatic rings. The number of ether oxygens (including phenoxy) is 1. The molecule has 1 fully saturated rings. The van der Waals surface area contributed by atoms with Gasteiger partial charge in [0.05, 0.1) is 17.2 Å². The number of hydrogen-bond acceptors (Lipinski definition) is 3. The average molecular weight is 391 g/mol. The van der Waals surface area contributed by atoms with Gasteiger partial charge in [0, 0.05) is 43.4 Å². The third kappa shape index (κ3) is 4.04. The summed E-state index contributed by atoms with van der Waals surface area (Å²) in [7, 11) is 1.62. The van der Waals surface area contributed by atoms with Crippen molar-refractivity contribution in [1.82, 2.24) is 10.2 Å². The van der Waals surface area contributed by atoms with Crippen molar-refractivity contribution in [3.05, 3.63) is 58.1 Å². The third-order valence-electron chi connectivity index (χ3n) is 4.35. The smallest absolute Gasteiger partial charge is 0.246 e. The van der Waals surface area contributed by atoms with E-state index in [0.717, 1.165) is 30.0 Å². The van der Waals surface area contributed by atoms with Crippen molar-refractivity contribution in [3.63, 3.8) is 0 Å². The maximum Gasteiger partial charge on any atom is 0.246 e. The number of carbonyl (C=O) groups is 1. The van der Waals surface area contributed by atoms with E-state index in [1.807, 2.05) is 35.2 Å². The van der Waals surface area contributed by atoms with Crippen LogP contribution in [0.15, 0.2) is 42.5 Å². The minimum Gasteiger partial charge on any atom is -0.496 e. The highest BCUT2D eigenvalue weighted by molar-refractivity contribution is 6.43. The van der Waals surface area contributed by atoms with Crippen molar-refractivity contribution in [2.75, 3.05) is 33.3 Å². The number of halogens is 2. The van der Waals surface area contributed by atoms with E-state index in [1.165, 1.54) is 0 Å². The Balaban J connectivity index is 1.99. The zero-order valence-corrected chi connectivity index (χ0v) is 16.0. The molecule has 1 heterocycles. The van der Waals surface area contributed by atoms with E-state index in [0.29, 0.717) is 28.7 Å². The quantitative estimate of drug-likeness (QED) is 0.798. The molecule has 26 heavy (non-hydrogen) atoms. The summed E-state index contributed by atoms with van der Waals surface area (Å²) in [5, 5.41) is 4.09. The fourth-order valence-electron chi connectivity index (χ4n) is 2.98. The number of amides is 1. The van der Waals surface area contributed by atoms with Gasteiger partial charge in [0.15, 0.2) is 0 Å². The van der Waals surface area contributed by atoms with Gasteiger partial charge in [-0.05, 0) is 23.8 Å². The van der Waals surface area contributed by atoms with Crippen molar-refractivity contribution in [1.29, 1.82) is 0 Å². The van der Waals surface area contributed by atoms with Crippen LogP contribution in [0.5, 0.6) is 5.75 Å². The highest BCUT2D eigenvalue weighted by atomic mass is 35.5. The summed E-state index contributed by atoms with van der Waals surface area (Å²) < 4.78 is 5.46. The van der Waals surface area contributed by atoms with Crippen LogP contribution >= 0.6 is 23.2 Å². The minimum absolute atomic E-state index is 0.0338. The predicted octanol–water partition coefficient (Wildman–Crippen LogP) is 4.11. The molecule has 0 unspecified atom stereocenters. The van der Waals surface area contributed by atoms with E-state index in [9.17, 15) is 4.79 Å². The monoisotopic (exact) mass is 390 g/mol. The van der Waals surface area contributed by atoms with Gasteiger partial charge in [0.2, 0.25) is 5.91 Å². The Hall–Kier alpha value is -2.01. The fourth-order valence-corrected chi connectivity index (χ4v) is 3.37. The minimum atomic E-state index is -0.0338. The van der Waals surface area contributed by atoms with Gasteiger partial charge in [-0.3, -0.25) is 4.79 Å². The summed E-state index contributed by atoms with van der Waals surface area (Å²) >= 11 is 12.7. The molecule has 1 N–H and O–H groups in total. The van der Waals surface area contributed by atoms with E-state index >= 15 is 0 Å². The van der Waals surface area contributed by atoms with E-state index in [-0.39, 0.29) is 5.91 Å². The Labute approximate surface area is 163 Å². The van der Waals surface area contributed by atoms with E-state index in [4.69, 9.17) is 27.9 Å². The van der Waals surface area contributed by atoms with Gasteiger partial charge in [-0.2, -0.15) is 0 Å².